The minimum atomic E-state index is -4.07. The molecule has 2 heterocycles. The highest BCUT2D eigenvalue weighted by Crippen LogP contribution is 2.19. The fourth-order valence-corrected chi connectivity index (χ4v) is 2.21. The van der Waals surface area contributed by atoms with E-state index in [-0.39, 0.29) is 11.7 Å². The number of carbonyl (C=O) groups is 1. The molecule has 1 saturated heterocycles. The standard InChI is InChI=1S/C9H8ClNO5S/c10-17(13,14)8-7(2-1-3-11-8)9(12)16-6-4-15-5-6/h1-3,6H,4-5H2. The van der Waals surface area contributed by atoms with Gasteiger partial charge in [0.1, 0.15) is 6.10 Å². The highest BCUT2D eigenvalue weighted by molar-refractivity contribution is 8.13. The second-order valence-corrected chi connectivity index (χ2v) is 5.84. The smallest absolute Gasteiger partial charge is 0.341 e. The molecule has 8 heteroatoms. The number of halogens is 1. The van der Waals surface area contributed by atoms with Gasteiger partial charge in [0.2, 0.25) is 0 Å². The van der Waals surface area contributed by atoms with Gasteiger partial charge in [-0.25, -0.2) is 18.2 Å². The Hall–Kier alpha value is -1.18. The molecule has 0 saturated carbocycles. The van der Waals surface area contributed by atoms with Crippen LogP contribution in [0.3, 0.4) is 0 Å². The molecule has 1 aliphatic rings. The number of ether oxygens (including phenoxy) is 2. The van der Waals surface area contributed by atoms with Gasteiger partial charge >= 0.3 is 5.97 Å². The first-order valence-corrected chi connectivity index (χ1v) is 6.98. The first kappa shape index (κ1) is 12.3. The van der Waals surface area contributed by atoms with Gasteiger partial charge in [0.15, 0.2) is 5.03 Å². The summed E-state index contributed by atoms with van der Waals surface area (Å²) in [6, 6.07) is 2.73. The Labute approximate surface area is 102 Å². The van der Waals surface area contributed by atoms with Crippen molar-refractivity contribution in [2.24, 2.45) is 0 Å². The third-order valence-electron chi connectivity index (χ3n) is 2.10. The Morgan fingerprint density at radius 1 is 1.53 bits per heavy atom. The van der Waals surface area contributed by atoms with Crippen molar-refractivity contribution in [1.82, 2.24) is 4.98 Å². The molecular formula is C9H8ClNO5S. The van der Waals surface area contributed by atoms with Crippen LogP contribution in [0.15, 0.2) is 23.4 Å². The SMILES string of the molecule is O=C(OC1COC1)c1cccnc1S(=O)(=O)Cl. The first-order valence-electron chi connectivity index (χ1n) is 4.67. The molecule has 1 aromatic heterocycles. The molecule has 2 rings (SSSR count). The fraction of sp³-hybridized carbons (Fsp3) is 0.333. The first-order chi connectivity index (χ1) is 7.98. The van der Waals surface area contributed by atoms with Crippen molar-refractivity contribution in [2.45, 2.75) is 11.1 Å². The van der Waals surface area contributed by atoms with Crippen LogP contribution in [0.4, 0.5) is 0 Å². The van der Waals surface area contributed by atoms with Gasteiger partial charge in [0.05, 0.1) is 18.8 Å². The molecule has 1 fully saturated rings. The summed E-state index contributed by atoms with van der Waals surface area (Å²) in [5.74, 6) is -0.773. The van der Waals surface area contributed by atoms with Gasteiger partial charge in [-0.3, -0.25) is 0 Å². The predicted octanol–water partition coefficient (Wildman–Crippen LogP) is 0.565. The van der Waals surface area contributed by atoms with Crippen LogP contribution < -0.4 is 0 Å². The van der Waals surface area contributed by atoms with E-state index in [1.54, 1.807) is 0 Å². The van der Waals surface area contributed by atoms with Crippen molar-refractivity contribution < 1.29 is 22.7 Å². The van der Waals surface area contributed by atoms with E-state index >= 15 is 0 Å². The zero-order valence-corrected chi connectivity index (χ0v) is 10.1. The maximum Gasteiger partial charge on any atom is 0.341 e. The van der Waals surface area contributed by atoms with Crippen molar-refractivity contribution in [3.63, 3.8) is 0 Å². The Morgan fingerprint density at radius 3 is 2.76 bits per heavy atom. The maximum absolute atomic E-state index is 11.7. The summed E-state index contributed by atoms with van der Waals surface area (Å²) in [7, 11) is 1.10. The lowest BCUT2D eigenvalue weighted by molar-refractivity contribution is -0.103. The van der Waals surface area contributed by atoms with Crippen LogP contribution >= 0.6 is 10.7 Å². The molecule has 0 aliphatic carbocycles. The number of carbonyl (C=O) groups excluding carboxylic acids is 1. The number of hydrogen-bond donors (Lipinski definition) is 0. The van der Waals surface area contributed by atoms with Crippen LogP contribution in [0.5, 0.6) is 0 Å². The lowest BCUT2D eigenvalue weighted by Crippen LogP contribution is -2.38. The molecule has 0 N–H and O–H groups in total. The molecule has 0 aromatic carbocycles. The molecule has 1 aliphatic heterocycles. The van der Waals surface area contributed by atoms with E-state index in [0.29, 0.717) is 13.2 Å². The summed E-state index contributed by atoms with van der Waals surface area (Å²) in [5.41, 5.74) is -0.172. The second kappa shape index (κ2) is 4.59. The fourth-order valence-electron chi connectivity index (χ4n) is 1.24. The van der Waals surface area contributed by atoms with Crippen molar-refractivity contribution in [3.05, 3.63) is 23.9 Å². The average Bonchev–Trinajstić information content (AvgIpc) is 2.22. The van der Waals surface area contributed by atoms with Crippen LogP contribution in [0, 0.1) is 0 Å². The summed E-state index contributed by atoms with van der Waals surface area (Å²) >= 11 is 0. The summed E-state index contributed by atoms with van der Waals surface area (Å²) in [4.78, 5) is 15.2. The Kier molecular flexibility index (Phi) is 3.32. The third-order valence-corrected chi connectivity index (χ3v) is 3.33. The minimum Gasteiger partial charge on any atom is -0.454 e. The van der Waals surface area contributed by atoms with Gasteiger partial charge in [-0.1, -0.05) is 0 Å². The number of pyridine rings is 1. The summed E-state index contributed by atoms with van der Waals surface area (Å²) in [6.45, 7) is 0.629. The topological polar surface area (TPSA) is 82.6 Å². The van der Waals surface area contributed by atoms with Gasteiger partial charge in [0, 0.05) is 16.9 Å². The van der Waals surface area contributed by atoms with Crippen LogP contribution in [-0.2, 0) is 18.5 Å². The molecule has 0 spiro atoms. The number of rotatable bonds is 3. The van der Waals surface area contributed by atoms with Crippen molar-refractivity contribution in [1.29, 1.82) is 0 Å². The van der Waals surface area contributed by atoms with Gasteiger partial charge in [0.25, 0.3) is 9.05 Å². The van der Waals surface area contributed by atoms with E-state index in [1.807, 2.05) is 0 Å². The number of nitrogens with zero attached hydrogens (tertiary/aromatic N) is 1. The van der Waals surface area contributed by atoms with Crippen LogP contribution in [-0.4, -0.2) is 38.7 Å². The summed E-state index contributed by atoms with van der Waals surface area (Å²) in [6.07, 6.45) is 0.895. The zero-order valence-electron chi connectivity index (χ0n) is 8.50. The van der Waals surface area contributed by atoms with E-state index in [0.717, 1.165) is 0 Å². The van der Waals surface area contributed by atoms with E-state index < -0.39 is 20.0 Å². The summed E-state index contributed by atoms with van der Waals surface area (Å²) in [5, 5.41) is -0.494. The van der Waals surface area contributed by atoms with E-state index in [4.69, 9.17) is 20.2 Å². The second-order valence-electron chi connectivity index (χ2n) is 3.36. The van der Waals surface area contributed by atoms with Crippen LogP contribution in [0.1, 0.15) is 10.4 Å². The molecular weight excluding hydrogens is 270 g/mol. The average molecular weight is 278 g/mol. The van der Waals surface area contributed by atoms with Crippen molar-refractivity contribution in [2.75, 3.05) is 13.2 Å². The molecule has 92 valence electrons. The summed E-state index contributed by atoms with van der Waals surface area (Å²) < 4.78 is 32.2. The normalized spacial score (nSPS) is 16.3. The number of aromatic nitrogens is 1. The number of esters is 1. The van der Waals surface area contributed by atoms with E-state index in [1.165, 1.54) is 18.3 Å². The molecule has 1 aromatic rings. The van der Waals surface area contributed by atoms with Crippen molar-refractivity contribution in [3.8, 4) is 0 Å². The Morgan fingerprint density at radius 2 is 2.24 bits per heavy atom. The van der Waals surface area contributed by atoms with E-state index in [9.17, 15) is 13.2 Å². The van der Waals surface area contributed by atoms with Crippen LogP contribution in [0.25, 0.3) is 0 Å². The zero-order chi connectivity index (χ0) is 12.5. The van der Waals surface area contributed by atoms with Gasteiger partial charge < -0.3 is 9.47 Å². The maximum atomic E-state index is 11.7. The molecule has 0 bridgehead atoms. The molecule has 0 atom stereocenters. The Bertz CT molecular complexity index is 540. The highest BCUT2D eigenvalue weighted by Gasteiger charge is 2.27. The lowest BCUT2D eigenvalue weighted by Gasteiger charge is -2.25. The minimum absolute atomic E-state index is 0.172. The van der Waals surface area contributed by atoms with E-state index in [2.05, 4.69) is 4.98 Å². The number of hydrogen-bond acceptors (Lipinski definition) is 6. The van der Waals surface area contributed by atoms with Gasteiger partial charge in [-0.15, -0.1) is 0 Å². The highest BCUT2D eigenvalue weighted by atomic mass is 35.7. The van der Waals surface area contributed by atoms with Gasteiger partial charge in [-0.2, -0.15) is 0 Å². The molecule has 17 heavy (non-hydrogen) atoms. The Balaban J connectivity index is 2.28. The van der Waals surface area contributed by atoms with Crippen molar-refractivity contribution >= 4 is 25.7 Å². The largest absolute Gasteiger partial charge is 0.454 e. The third kappa shape index (κ3) is 2.74. The predicted molar refractivity (Wildman–Crippen MR) is 57.3 cm³/mol. The quantitative estimate of drug-likeness (QED) is 0.593. The van der Waals surface area contributed by atoms with Crippen LogP contribution in [0.2, 0.25) is 0 Å². The molecule has 0 unspecified atom stereocenters. The molecule has 6 nitrogen and oxygen atoms in total. The molecule has 0 radical (unpaired) electrons. The monoisotopic (exact) mass is 277 g/mol. The molecule has 0 amide bonds. The lowest BCUT2D eigenvalue weighted by atomic mass is 10.3. The van der Waals surface area contributed by atoms with Gasteiger partial charge in [-0.05, 0) is 12.1 Å².